The second-order valence-corrected chi connectivity index (χ2v) is 5.36. The van der Waals surface area contributed by atoms with Gasteiger partial charge in [0.25, 0.3) is 0 Å². The molecule has 3 nitrogen and oxygen atoms in total. The highest BCUT2D eigenvalue weighted by Crippen LogP contribution is 2.05. The van der Waals surface area contributed by atoms with E-state index in [4.69, 9.17) is 5.11 Å². The zero-order valence-corrected chi connectivity index (χ0v) is 9.81. The van der Waals surface area contributed by atoms with Gasteiger partial charge < -0.3 is 5.11 Å². The molecule has 1 N–H and O–H groups in total. The Balaban J connectivity index is 3.49. The molecule has 0 aromatic heterocycles. The van der Waals surface area contributed by atoms with Crippen molar-refractivity contribution in [1.29, 1.82) is 0 Å². The van der Waals surface area contributed by atoms with Crippen molar-refractivity contribution in [2.24, 2.45) is 0 Å². The van der Waals surface area contributed by atoms with Crippen LogP contribution >= 0.6 is 0 Å². The van der Waals surface area contributed by atoms with Gasteiger partial charge in [-0.15, -0.1) is 0 Å². The molecular formula is C10H20O3S. The van der Waals surface area contributed by atoms with Crippen LogP contribution in [0, 0.1) is 0 Å². The van der Waals surface area contributed by atoms with Gasteiger partial charge in [-0.25, -0.2) is 0 Å². The lowest BCUT2D eigenvalue weighted by Crippen LogP contribution is -2.23. The third kappa shape index (κ3) is 6.13. The lowest BCUT2D eigenvalue weighted by Gasteiger charge is -2.05. The van der Waals surface area contributed by atoms with E-state index in [2.05, 4.69) is 6.92 Å². The molecule has 0 rings (SSSR count). The van der Waals surface area contributed by atoms with Crippen molar-refractivity contribution in [3.8, 4) is 0 Å². The van der Waals surface area contributed by atoms with Gasteiger partial charge in [0.2, 0.25) is 0 Å². The van der Waals surface area contributed by atoms with E-state index >= 15 is 0 Å². The quantitative estimate of drug-likeness (QED) is 0.638. The number of unbranched alkanes of at least 4 members (excludes halogenated alkanes) is 4. The van der Waals surface area contributed by atoms with Crippen LogP contribution in [0.2, 0.25) is 0 Å². The molecule has 0 fully saturated rings. The average Bonchev–Trinajstić information content (AvgIpc) is 2.16. The Morgan fingerprint density at radius 3 is 2.36 bits per heavy atom. The summed E-state index contributed by atoms with van der Waals surface area (Å²) in [5, 5.41) is 7.88. The maximum absolute atomic E-state index is 11.3. The first kappa shape index (κ1) is 13.6. The number of carboxylic acids is 1. The highest BCUT2D eigenvalue weighted by atomic mass is 32.2. The molecule has 84 valence electrons. The second kappa shape index (κ2) is 7.97. The molecule has 2 unspecified atom stereocenters. The topological polar surface area (TPSA) is 54.4 Å². The molecule has 0 aromatic carbocycles. The smallest absolute Gasteiger partial charge is 0.318 e. The van der Waals surface area contributed by atoms with Crippen LogP contribution in [0.4, 0.5) is 0 Å². The number of carboxylic acid groups (broad SMARTS) is 1. The van der Waals surface area contributed by atoms with Crippen molar-refractivity contribution < 1.29 is 14.1 Å². The Morgan fingerprint density at radius 1 is 1.29 bits per heavy atom. The molecule has 0 heterocycles. The minimum atomic E-state index is -1.20. The van der Waals surface area contributed by atoms with Crippen LogP contribution < -0.4 is 0 Å². The molecule has 0 saturated carbocycles. The summed E-state index contributed by atoms with van der Waals surface area (Å²) < 4.78 is 11.3. The summed E-state index contributed by atoms with van der Waals surface area (Å²) in [6.07, 6.45) is 5.50. The number of hydrogen-bond donors (Lipinski definition) is 1. The van der Waals surface area contributed by atoms with Gasteiger partial charge in [-0.1, -0.05) is 32.6 Å². The molecule has 0 amide bonds. The molecule has 0 aliphatic rings. The first-order chi connectivity index (χ1) is 6.59. The van der Waals surface area contributed by atoms with Crippen LogP contribution in [-0.2, 0) is 15.6 Å². The molecule has 14 heavy (non-hydrogen) atoms. The standard InChI is InChI=1S/C10H20O3S/c1-3-4-5-6-7-8-14(13)9(2)10(11)12/h9H,3-8H2,1-2H3,(H,11,12). The van der Waals surface area contributed by atoms with Crippen LogP contribution in [0.15, 0.2) is 0 Å². The third-order valence-electron chi connectivity index (χ3n) is 2.19. The summed E-state index contributed by atoms with van der Waals surface area (Å²) >= 11 is 0. The largest absolute Gasteiger partial charge is 0.480 e. The lowest BCUT2D eigenvalue weighted by molar-refractivity contribution is -0.136. The zero-order valence-electron chi connectivity index (χ0n) is 8.99. The van der Waals surface area contributed by atoms with Crippen LogP contribution in [-0.4, -0.2) is 26.3 Å². The van der Waals surface area contributed by atoms with Crippen molar-refractivity contribution in [1.82, 2.24) is 0 Å². The number of rotatable bonds is 8. The summed E-state index contributed by atoms with van der Waals surface area (Å²) in [4.78, 5) is 10.5. The molecule has 0 aliphatic heterocycles. The molecule has 0 spiro atoms. The van der Waals surface area contributed by atoms with E-state index in [1.807, 2.05) is 0 Å². The molecule has 0 bridgehead atoms. The molecule has 4 heteroatoms. The van der Waals surface area contributed by atoms with Crippen molar-refractivity contribution >= 4 is 16.8 Å². The Hall–Kier alpha value is -0.380. The van der Waals surface area contributed by atoms with Gasteiger partial charge >= 0.3 is 5.97 Å². The fourth-order valence-corrected chi connectivity index (χ4v) is 2.20. The van der Waals surface area contributed by atoms with E-state index in [1.54, 1.807) is 0 Å². The van der Waals surface area contributed by atoms with Crippen LogP contribution in [0.5, 0.6) is 0 Å². The van der Waals surface area contributed by atoms with Crippen molar-refractivity contribution in [3.05, 3.63) is 0 Å². The van der Waals surface area contributed by atoms with E-state index in [0.29, 0.717) is 5.75 Å². The lowest BCUT2D eigenvalue weighted by atomic mass is 10.2. The Morgan fingerprint density at radius 2 is 1.86 bits per heavy atom. The Labute approximate surface area is 88.4 Å². The Kier molecular flexibility index (Phi) is 7.76. The maximum Gasteiger partial charge on any atom is 0.318 e. The first-order valence-electron chi connectivity index (χ1n) is 5.19. The van der Waals surface area contributed by atoms with Gasteiger partial charge in [0.1, 0.15) is 5.25 Å². The number of carbonyl (C=O) groups is 1. The fraction of sp³-hybridized carbons (Fsp3) is 0.900. The number of aliphatic carboxylic acids is 1. The van der Waals surface area contributed by atoms with Gasteiger partial charge in [-0.3, -0.25) is 9.00 Å². The zero-order chi connectivity index (χ0) is 11.0. The molecule has 0 saturated heterocycles. The van der Waals surface area contributed by atoms with Crippen molar-refractivity contribution in [2.75, 3.05) is 5.75 Å². The second-order valence-electron chi connectivity index (χ2n) is 3.48. The summed E-state index contributed by atoms with van der Waals surface area (Å²) in [5.74, 6) is -0.436. The van der Waals surface area contributed by atoms with Crippen molar-refractivity contribution in [2.45, 2.75) is 51.2 Å². The highest BCUT2D eigenvalue weighted by Gasteiger charge is 2.17. The average molecular weight is 220 g/mol. The highest BCUT2D eigenvalue weighted by molar-refractivity contribution is 7.86. The number of hydrogen-bond acceptors (Lipinski definition) is 2. The van der Waals surface area contributed by atoms with Crippen molar-refractivity contribution in [3.63, 3.8) is 0 Å². The SMILES string of the molecule is CCCCCCCS(=O)C(C)C(=O)O. The van der Waals surface area contributed by atoms with Crippen LogP contribution in [0.3, 0.4) is 0 Å². The molecular weight excluding hydrogens is 200 g/mol. The predicted octanol–water partition coefficient (Wildman–Crippen LogP) is 2.18. The van der Waals surface area contributed by atoms with E-state index in [9.17, 15) is 9.00 Å². The summed E-state index contributed by atoms with van der Waals surface area (Å²) in [5.41, 5.74) is 0. The monoisotopic (exact) mass is 220 g/mol. The van der Waals surface area contributed by atoms with E-state index in [0.717, 1.165) is 19.3 Å². The fourth-order valence-electron chi connectivity index (χ4n) is 1.14. The third-order valence-corrected chi connectivity index (χ3v) is 3.87. The van der Waals surface area contributed by atoms with Gasteiger partial charge in [-0.2, -0.15) is 0 Å². The normalized spacial score (nSPS) is 15.0. The Bertz CT molecular complexity index is 192. The van der Waals surface area contributed by atoms with Gasteiger partial charge in [0.05, 0.1) is 0 Å². The van der Waals surface area contributed by atoms with Crippen LogP contribution in [0.25, 0.3) is 0 Å². The molecule has 0 aromatic rings. The molecule has 0 radical (unpaired) electrons. The van der Waals surface area contributed by atoms with Gasteiger partial charge in [0, 0.05) is 16.6 Å². The first-order valence-corrected chi connectivity index (χ1v) is 6.57. The molecule has 2 atom stereocenters. The van der Waals surface area contributed by atoms with E-state index < -0.39 is 22.0 Å². The van der Waals surface area contributed by atoms with E-state index in [1.165, 1.54) is 19.8 Å². The van der Waals surface area contributed by atoms with Gasteiger partial charge in [-0.05, 0) is 13.3 Å². The summed E-state index contributed by atoms with van der Waals surface area (Å²) in [6.45, 7) is 3.65. The summed E-state index contributed by atoms with van der Waals surface area (Å²) in [7, 11) is -1.20. The van der Waals surface area contributed by atoms with E-state index in [-0.39, 0.29) is 0 Å². The summed E-state index contributed by atoms with van der Waals surface area (Å²) in [6, 6.07) is 0. The van der Waals surface area contributed by atoms with Crippen LogP contribution in [0.1, 0.15) is 46.0 Å². The predicted molar refractivity (Wildman–Crippen MR) is 58.9 cm³/mol. The van der Waals surface area contributed by atoms with Gasteiger partial charge in [0.15, 0.2) is 0 Å². The maximum atomic E-state index is 11.3. The minimum absolute atomic E-state index is 0.525. The minimum Gasteiger partial charge on any atom is -0.480 e. The molecule has 0 aliphatic carbocycles.